The number of thiophene rings is 1. The van der Waals surface area contributed by atoms with E-state index in [1.807, 2.05) is 11.9 Å². The van der Waals surface area contributed by atoms with E-state index < -0.39 is 28.0 Å². The number of sulfonamides is 1. The number of amides is 3. The van der Waals surface area contributed by atoms with Gasteiger partial charge in [-0.15, -0.1) is 11.3 Å². The van der Waals surface area contributed by atoms with Crippen molar-refractivity contribution >= 4 is 56.8 Å². The Kier molecular flexibility index (Phi) is 8.71. The largest absolute Gasteiger partial charge is 0.338 e. The highest BCUT2D eigenvalue weighted by Crippen LogP contribution is 2.24. The van der Waals surface area contributed by atoms with Crippen LogP contribution in [0.2, 0.25) is 4.34 Å². The maximum Gasteiger partial charge on any atom is 0.245 e. The molecule has 4 rings (SSSR count). The highest BCUT2D eigenvalue weighted by molar-refractivity contribution is 7.92. The highest BCUT2D eigenvalue weighted by Gasteiger charge is 2.39. The summed E-state index contributed by atoms with van der Waals surface area (Å²) in [5.74, 6) is -0.721. The number of piperazine rings is 1. The smallest absolute Gasteiger partial charge is 0.245 e. The van der Waals surface area contributed by atoms with Gasteiger partial charge in [-0.25, -0.2) is 8.42 Å². The van der Waals surface area contributed by atoms with E-state index in [0.29, 0.717) is 54.7 Å². The van der Waals surface area contributed by atoms with E-state index in [-0.39, 0.29) is 18.4 Å². The molecule has 0 aromatic carbocycles. The summed E-state index contributed by atoms with van der Waals surface area (Å²) in [4.78, 5) is 47.0. The summed E-state index contributed by atoms with van der Waals surface area (Å²) in [5, 5.41) is 1.02. The molecule has 3 aliphatic heterocycles. The van der Waals surface area contributed by atoms with Crippen LogP contribution in [0.1, 0.15) is 30.6 Å². The molecule has 13 heteroatoms. The summed E-state index contributed by atoms with van der Waals surface area (Å²) in [7, 11) is -1.85. The first-order valence-corrected chi connectivity index (χ1v) is 14.9. The number of hydrogen-bond donors (Lipinski definition) is 1. The minimum absolute atomic E-state index is 0.0247. The Balaban J connectivity index is 1.34. The van der Waals surface area contributed by atoms with Gasteiger partial charge >= 0.3 is 0 Å². The fourth-order valence-electron chi connectivity index (χ4n) is 4.83. The molecule has 3 fully saturated rings. The molecule has 0 radical (unpaired) electrons. The predicted molar refractivity (Wildman–Crippen MR) is 139 cm³/mol. The summed E-state index contributed by atoms with van der Waals surface area (Å²) in [5.41, 5.74) is 0. The molecule has 0 saturated carbocycles. The molecule has 0 unspecified atom stereocenters. The standard InChI is InChI=1S/C23H32ClN5O5S2/c1-26-11-13-27(14-12-26)23(32)19-5-3-10-29(19)21(30)16-28-9-2-4-18(22(28)31)25-36(33,34)15-8-17-6-7-20(24)35-17/h6-8,15,18-19,25H,2-5,9-14,16H2,1H3/t18-,19-/m0/s1. The van der Waals surface area contributed by atoms with Gasteiger partial charge in [0.1, 0.15) is 12.1 Å². The topological polar surface area (TPSA) is 110 Å². The molecule has 3 aliphatic rings. The summed E-state index contributed by atoms with van der Waals surface area (Å²) in [6, 6.07) is 1.95. The van der Waals surface area contributed by atoms with Crippen LogP contribution in [0.4, 0.5) is 0 Å². The summed E-state index contributed by atoms with van der Waals surface area (Å²) < 4.78 is 28.1. The van der Waals surface area contributed by atoms with Crippen LogP contribution in [-0.4, -0.2) is 111 Å². The van der Waals surface area contributed by atoms with Crippen molar-refractivity contribution in [1.29, 1.82) is 0 Å². The van der Waals surface area contributed by atoms with Gasteiger partial charge in [0.05, 0.1) is 10.9 Å². The van der Waals surface area contributed by atoms with Crippen LogP contribution in [0.15, 0.2) is 17.5 Å². The molecule has 4 heterocycles. The molecule has 10 nitrogen and oxygen atoms in total. The number of nitrogens with zero attached hydrogens (tertiary/aromatic N) is 4. The first-order chi connectivity index (χ1) is 17.1. The maximum atomic E-state index is 13.2. The third-order valence-corrected chi connectivity index (χ3v) is 9.15. The van der Waals surface area contributed by atoms with Crippen LogP contribution in [0.3, 0.4) is 0 Å². The molecule has 36 heavy (non-hydrogen) atoms. The van der Waals surface area contributed by atoms with E-state index in [1.54, 1.807) is 17.0 Å². The first-order valence-electron chi connectivity index (χ1n) is 12.1. The van der Waals surface area contributed by atoms with Gasteiger partial charge in [-0.05, 0) is 50.9 Å². The summed E-state index contributed by atoms with van der Waals surface area (Å²) in [6.07, 6.45) is 3.72. The fourth-order valence-corrected chi connectivity index (χ4v) is 6.90. The Hall–Kier alpha value is -1.99. The quantitative estimate of drug-likeness (QED) is 0.536. The molecule has 1 aromatic heterocycles. The van der Waals surface area contributed by atoms with Crippen LogP contribution in [0, 0.1) is 0 Å². The van der Waals surface area contributed by atoms with Crippen molar-refractivity contribution in [2.75, 3.05) is 52.9 Å². The SMILES string of the molecule is CN1CCN(C(=O)[C@@H]2CCCN2C(=O)CN2CCC[C@H](NS(=O)(=O)C=Cc3ccc(Cl)s3)C2=O)CC1. The maximum absolute atomic E-state index is 13.2. The molecule has 0 aliphatic carbocycles. The second kappa shape index (κ2) is 11.6. The van der Waals surface area contributed by atoms with Crippen molar-refractivity contribution in [3.8, 4) is 0 Å². The van der Waals surface area contributed by atoms with Crippen LogP contribution in [0.25, 0.3) is 6.08 Å². The third kappa shape index (κ3) is 6.65. The summed E-state index contributed by atoms with van der Waals surface area (Å²) in [6.45, 7) is 3.61. The second-order valence-electron chi connectivity index (χ2n) is 9.44. The Morgan fingerprint density at radius 1 is 1.11 bits per heavy atom. The van der Waals surface area contributed by atoms with Crippen molar-refractivity contribution in [2.24, 2.45) is 0 Å². The Morgan fingerprint density at radius 2 is 1.83 bits per heavy atom. The minimum Gasteiger partial charge on any atom is -0.338 e. The zero-order valence-corrected chi connectivity index (χ0v) is 22.7. The van der Waals surface area contributed by atoms with E-state index in [0.717, 1.165) is 24.9 Å². The fraction of sp³-hybridized carbons (Fsp3) is 0.609. The van der Waals surface area contributed by atoms with E-state index in [1.165, 1.54) is 22.3 Å². The van der Waals surface area contributed by atoms with Gasteiger partial charge in [0.15, 0.2) is 0 Å². The molecule has 3 amide bonds. The predicted octanol–water partition coefficient (Wildman–Crippen LogP) is 1.05. The van der Waals surface area contributed by atoms with Gasteiger partial charge in [-0.2, -0.15) is 4.72 Å². The molecule has 0 spiro atoms. The Morgan fingerprint density at radius 3 is 2.53 bits per heavy atom. The number of piperidine rings is 1. The normalized spacial score (nSPS) is 24.2. The third-order valence-electron chi connectivity index (χ3n) is 6.84. The number of carbonyl (C=O) groups is 3. The molecular formula is C23H32ClN5O5S2. The van der Waals surface area contributed by atoms with Crippen molar-refractivity contribution in [1.82, 2.24) is 24.3 Å². The number of rotatable bonds is 7. The van der Waals surface area contributed by atoms with Crippen molar-refractivity contribution < 1.29 is 22.8 Å². The van der Waals surface area contributed by atoms with Crippen LogP contribution >= 0.6 is 22.9 Å². The van der Waals surface area contributed by atoms with Crippen molar-refractivity contribution in [2.45, 2.75) is 37.8 Å². The van der Waals surface area contributed by atoms with Crippen LogP contribution in [-0.2, 0) is 24.4 Å². The number of nitrogens with one attached hydrogen (secondary N) is 1. The van der Waals surface area contributed by atoms with E-state index in [9.17, 15) is 22.8 Å². The monoisotopic (exact) mass is 557 g/mol. The highest BCUT2D eigenvalue weighted by atomic mass is 35.5. The molecule has 198 valence electrons. The van der Waals surface area contributed by atoms with Crippen LogP contribution < -0.4 is 4.72 Å². The van der Waals surface area contributed by atoms with E-state index in [4.69, 9.17) is 11.6 Å². The van der Waals surface area contributed by atoms with Crippen molar-refractivity contribution in [3.05, 3.63) is 26.8 Å². The molecule has 1 N–H and O–H groups in total. The van der Waals surface area contributed by atoms with Crippen LogP contribution in [0.5, 0.6) is 0 Å². The average molecular weight is 558 g/mol. The van der Waals surface area contributed by atoms with Gasteiger partial charge in [0.25, 0.3) is 0 Å². The molecule has 3 saturated heterocycles. The van der Waals surface area contributed by atoms with E-state index >= 15 is 0 Å². The van der Waals surface area contributed by atoms with E-state index in [2.05, 4.69) is 9.62 Å². The minimum atomic E-state index is -3.87. The zero-order chi connectivity index (χ0) is 25.9. The zero-order valence-electron chi connectivity index (χ0n) is 20.3. The van der Waals surface area contributed by atoms with Crippen molar-refractivity contribution in [3.63, 3.8) is 0 Å². The lowest BCUT2D eigenvalue weighted by molar-refractivity contribution is -0.148. The van der Waals surface area contributed by atoms with Gasteiger partial charge in [0.2, 0.25) is 27.7 Å². The Bertz CT molecular complexity index is 1120. The molecular weight excluding hydrogens is 526 g/mol. The number of hydrogen-bond acceptors (Lipinski definition) is 7. The van der Waals surface area contributed by atoms with Gasteiger partial charge in [-0.1, -0.05) is 11.6 Å². The molecule has 1 aromatic rings. The number of carbonyl (C=O) groups excluding carboxylic acids is 3. The summed E-state index contributed by atoms with van der Waals surface area (Å²) >= 11 is 7.12. The Labute approximate surface area is 220 Å². The number of likely N-dealkylation sites (N-methyl/N-ethyl adjacent to an activating group) is 1. The van der Waals surface area contributed by atoms with Gasteiger partial charge < -0.3 is 19.6 Å². The first kappa shape index (κ1) is 27.1. The molecule has 0 bridgehead atoms. The number of likely N-dealkylation sites (tertiary alicyclic amines) is 2. The van der Waals surface area contributed by atoms with Gasteiger partial charge in [0, 0.05) is 49.6 Å². The van der Waals surface area contributed by atoms with Gasteiger partial charge in [-0.3, -0.25) is 14.4 Å². The second-order valence-corrected chi connectivity index (χ2v) is 12.8. The lowest BCUT2D eigenvalue weighted by Crippen LogP contribution is -2.57. The number of halogens is 1. The lowest BCUT2D eigenvalue weighted by atomic mass is 10.1. The lowest BCUT2D eigenvalue weighted by Gasteiger charge is -2.37. The molecule has 2 atom stereocenters. The average Bonchev–Trinajstić information content (AvgIpc) is 3.49.